The highest BCUT2D eigenvalue weighted by Crippen LogP contribution is 2.28. The summed E-state index contributed by atoms with van der Waals surface area (Å²) in [6.45, 7) is 7.39. The summed E-state index contributed by atoms with van der Waals surface area (Å²) < 4.78 is 5.51. The van der Waals surface area contributed by atoms with Gasteiger partial charge in [0.15, 0.2) is 5.96 Å². The average Bonchev–Trinajstić information content (AvgIpc) is 2.83. The van der Waals surface area contributed by atoms with Crippen molar-refractivity contribution in [3.8, 4) is 5.75 Å². The van der Waals surface area contributed by atoms with Gasteiger partial charge in [-0.05, 0) is 24.6 Å². The predicted octanol–water partition coefficient (Wildman–Crippen LogP) is 3.11. The molecule has 2 aromatic carbocycles. The number of guanidine groups is 1. The summed E-state index contributed by atoms with van der Waals surface area (Å²) >= 11 is 0. The van der Waals surface area contributed by atoms with Crippen molar-refractivity contribution < 1.29 is 9.53 Å². The van der Waals surface area contributed by atoms with Crippen LogP contribution in [0, 0.1) is 0 Å². The number of methoxy groups -OCH3 is 1. The number of anilines is 1. The third-order valence-corrected chi connectivity index (χ3v) is 5.27. The van der Waals surface area contributed by atoms with Crippen LogP contribution in [0.25, 0.3) is 0 Å². The molecule has 0 radical (unpaired) electrons. The van der Waals surface area contributed by atoms with Crippen molar-refractivity contribution in [3.63, 3.8) is 0 Å². The number of halogens is 1. The fourth-order valence-corrected chi connectivity index (χ4v) is 3.62. The molecule has 0 aliphatic carbocycles. The SMILES string of the molecule is CCNC(=NCCC(=O)NCc1ccccc1)N1CCN(c2ccccc2OC)CC1.I. The van der Waals surface area contributed by atoms with Crippen LogP contribution in [0.2, 0.25) is 0 Å². The van der Waals surface area contributed by atoms with Gasteiger partial charge in [0, 0.05) is 45.7 Å². The molecule has 1 aliphatic rings. The zero-order valence-corrected chi connectivity index (χ0v) is 21.2. The Bertz CT molecular complexity index is 854. The molecule has 0 atom stereocenters. The Labute approximate surface area is 208 Å². The summed E-state index contributed by atoms with van der Waals surface area (Å²) in [5, 5.41) is 6.32. The molecule has 0 bridgehead atoms. The Morgan fingerprint density at radius 2 is 1.69 bits per heavy atom. The lowest BCUT2D eigenvalue weighted by Gasteiger charge is -2.38. The van der Waals surface area contributed by atoms with Crippen molar-refractivity contribution in [1.82, 2.24) is 15.5 Å². The van der Waals surface area contributed by atoms with E-state index in [1.807, 2.05) is 48.5 Å². The molecule has 0 aromatic heterocycles. The van der Waals surface area contributed by atoms with Gasteiger partial charge in [0.25, 0.3) is 0 Å². The summed E-state index contributed by atoms with van der Waals surface area (Å²) in [7, 11) is 1.71. The molecule has 1 aliphatic heterocycles. The standard InChI is InChI=1S/C24H33N5O2.HI/c1-3-25-24(26-14-13-23(30)27-19-20-9-5-4-6-10-20)29-17-15-28(16-18-29)21-11-7-8-12-22(21)31-2;/h4-12H,3,13-19H2,1-2H3,(H,25,26)(H,27,30);1H. The first-order chi connectivity index (χ1) is 15.2. The molecule has 1 heterocycles. The topological polar surface area (TPSA) is 69.2 Å². The van der Waals surface area contributed by atoms with Crippen LogP contribution in [0.1, 0.15) is 18.9 Å². The molecule has 0 saturated carbocycles. The summed E-state index contributed by atoms with van der Waals surface area (Å²) in [6, 6.07) is 18.1. The monoisotopic (exact) mass is 551 g/mol. The van der Waals surface area contributed by atoms with E-state index in [4.69, 9.17) is 9.73 Å². The molecule has 174 valence electrons. The van der Waals surface area contributed by atoms with Gasteiger partial charge in [-0.25, -0.2) is 0 Å². The van der Waals surface area contributed by atoms with Crippen molar-refractivity contribution in [2.24, 2.45) is 4.99 Å². The van der Waals surface area contributed by atoms with E-state index >= 15 is 0 Å². The molecule has 1 fully saturated rings. The molecule has 3 rings (SSSR count). The Hall–Kier alpha value is -2.49. The number of piperazine rings is 1. The van der Waals surface area contributed by atoms with Gasteiger partial charge in [-0.3, -0.25) is 9.79 Å². The number of aliphatic imine (C=N–C) groups is 1. The smallest absolute Gasteiger partial charge is 0.222 e. The minimum atomic E-state index is 0. The number of ether oxygens (including phenoxy) is 1. The van der Waals surface area contributed by atoms with Gasteiger partial charge in [-0.15, -0.1) is 24.0 Å². The highest BCUT2D eigenvalue weighted by Gasteiger charge is 2.21. The van der Waals surface area contributed by atoms with Crippen LogP contribution in [0.15, 0.2) is 59.6 Å². The maximum Gasteiger partial charge on any atom is 0.222 e. The van der Waals surface area contributed by atoms with Crippen LogP contribution in [0.3, 0.4) is 0 Å². The number of carbonyl (C=O) groups excluding carboxylic acids is 1. The van der Waals surface area contributed by atoms with Crippen molar-refractivity contribution >= 4 is 41.5 Å². The fourth-order valence-electron chi connectivity index (χ4n) is 3.62. The molecule has 0 spiro atoms. The molecule has 1 amide bonds. The van der Waals surface area contributed by atoms with Gasteiger partial charge in [0.2, 0.25) is 5.91 Å². The van der Waals surface area contributed by atoms with Crippen LogP contribution < -0.4 is 20.3 Å². The van der Waals surface area contributed by atoms with E-state index in [0.29, 0.717) is 19.5 Å². The highest BCUT2D eigenvalue weighted by molar-refractivity contribution is 14.0. The third-order valence-electron chi connectivity index (χ3n) is 5.27. The number of hydrogen-bond acceptors (Lipinski definition) is 4. The van der Waals surface area contributed by atoms with Crippen LogP contribution in [-0.4, -0.2) is 63.1 Å². The molecular weight excluding hydrogens is 517 g/mol. The van der Waals surface area contributed by atoms with E-state index in [9.17, 15) is 4.79 Å². The number of nitrogens with zero attached hydrogens (tertiary/aromatic N) is 3. The molecule has 8 heteroatoms. The number of carbonyl (C=O) groups is 1. The average molecular weight is 551 g/mol. The zero-order valence-electron chi connectivity index (χ0n) is 18.9. The molecule has 1 saturated heterocycles. The van der Waals surface area contributed by atoms with Crippen molar-refractivity contribution in [1.29, 1.82) is 0 Å². The number of para-hydroxylation sites is 2. The van der Waals surface area contributed by atoms with E-state index in [0.717, 1.165) is 55.7 Å². The lowest BCUT2D eigenvalue weighted by Crippen LogP contribution is -2.52. The molecule has 2 aromatic rings. The van der Waals surface area contributed by atoms with Crippen molar-refractivity contribution in [3.05, 3.63) is 60.2 Å². The Morgan fingerprint density at radius 3 is 2.38 bits per heavy atom. The summed E-state index contributed by atoms with van der Waals surface area (Å²) in [5.74, 6) is 1.79. The number of rotatable bonds is 8. The van der Waals surface area contributed by atoms with E-state index in [1.165, 1.54) is 0 Å². The van der Waals surface area contributed by atoms with Crippen LogP contribution in [0.5, 0.6) is 5.75 Å². The number of nitrogens with one attached hydrogen (secondary N) is 2. The van der Waals surface area contributed by atoms with Crippen molar-refractivity contribution in [2.45, 2.75) is 19.9 Å². The number of amides is 1. The minimum absolute atomic E-state index is 0. The van der Waals surface area contributed by atoms with Crippen LogP contribution in [-0.2, 0) is 11.3 Å². The Kier molecular flexibility index (Phi) is 11.1. The summed E-state index contributed by atoms with van der Waals surface area (Å²) in [4.78, 5) is 21.5. The quantitative estimate of drug-likeness (QED) is 0.300. The highest BCUT2D eigenvalue weighted by atomic mass is 127. The Morgan fingerprint density at radius 1 is 1.00 bits per heavy atom. The van der Waals surface area contributed by atoms with Gasteiger partial charge in [0.1, 0.15) is 5.75 Å². The summed E-state index contributed by atoms with van der Waals surface area (Å²) in [6.07, 6.45) is 0.378. The number of hydrogen-bond donors (Lipinski definition) is 2. The molecule has 2 N–H and O–H groups in total. The molecular formula is C24H34IN5O2. The molecule has 32 heavy (non-hydrogen) atoms. The van der Waals surface area contributed by atoms with Gasteiger partial charge >= 0.3 is 0 Å². The minimum Gasteiger partial charge on any atom is -0.495 e. The zero-order chi connectivity index (χ0) is 21.9. The van der Waals surface area contributed by atoms with E-state index in [-0.39, 0.29) is 29.9 Å². The molecule has 7 nitrogen and oxygen atoms in total. The number of benzene rings is 2. The summed E-state index contributed by atoms with van der Waals surface area (Å²) in [5.41, 5.74) is 2.22. The normalized spacial score (nSPS) is 13.9. The second-order valence-electron chi connectivity index (χ2n) is 7.39. The van der Waals surface area contributed by atoms with E-state index in [2.05, 4.69) is 33.4 Å². The van der Waals surface area contributed by atoms with E-state index < -0.39 is 0 Å². The Balaban J connectivity index is 0.00000363. The van der Waals surface area contributed by atoms with Gasteiger partial charge in [-0.1, -0.05) is 42.5 Å². The lowest BCUT2D eigenvalue weighted by molar-refractivity contribution is -0.121. The van der Waals surface area contributed by atoms with Crippen molar-refractivity contribution in [2.75, 3.05) is 51.3 Å². The first kappa shape index (κ1) is 25.8. The maximum absolute atomic E-state index is 12.2. The first-order valence-corrected chi connectivity index (χ1v) is 10.9. The third kappa shape index (κ3) is 7.58. The van der Waals surface area contributed by atoms with Gasteiger partial charge in [0.05, 0.1) is 19.3 Å². The second-order valence-corrected chi connectivity index (χ2v) is 7.39. The van der Waals surface area contributed by atoms with Crippen LogP contribution in [0.4, 0.5) is 5.69 Å². The second kappa shape index (κ2) is 13.8. The maximum atomic E-state index is 12.2. The van der Waals surface area contributed by atoms with Gasteiger partial charge < -0.3 is 25.2 Å². The van der Waals surface area contributed by atoms with Crippen LogP contribution >= 0.6 is 24.0 Å². The largest absolute Gasteiger partial charge is 0.495 e. The fraction of sp³-hybridized carbons (Fsp3) is 0.417. The molecule has 0 unspecified atom stereocenters. The lowest BCUT2D eigenvalue weighted by atomic mass is 10.2. The first-order valence-electron chi connectivity index (χ1n) is 10.9. The predicted molar refractivity (Wildman–Crippen MR) is 141 cm³/mol. The van der Waals surface area contributed by atoms with E-state index in [1.54, 1.807) is 7.11 Å². The van der Waals surface area contributed by atoms with Gasteiger partial charge in [-0.2, -0.15) is 0 Å².